The second kappa shape index (κ2) is 12.9. The molecule has 10 heteroatoms. The number of aliphatic hydroxyl groups excluding tert-OH is 1. The fraction of sp³-hybridized carbons (Fsp3) is 0.355. The maximum atomic E-state index is 12.6. The van der Waals surface area contributed by atoms with E-state index in [9.17, 15) is 13.5 Å². The zero-order chi connectivity index (χ0) is 28.8. The van der Waals surface area contributed by atoms with Gasteiger partial charge in [-0.15, -0.1) is 0 Å². The highest BCUT2D eigenvalue weighted by molar-refractivity contribution is 7.90. The van der Waals surface area contributed by atoms with E-state index >= 15 is 0 Å². The molecule has 0 aliphatic heterocycles. The van der Waals surface area contributed by atoms with Crippen molar-refractivity contribution in [2.45, 2.75) is 38.4 Å². The Labute approximate surface area is 241 Å². The smallest absolute Gasteiger partial charge is 0.301 e. The average molecular weight is 580 g/mol. The Bertz CT molecular complexity index is 1570. The molecule has 9 nitrogen and oxygen atoms in total. The number of hydrogen-bond acceptors (Lipinski definition) is 7. The lowest BCUT2D eigenvalue weighted by Gasteiger charge is -2.19. The standard InChI is InChI=1S/C31H37N3O6S/c1-34(2)41(36,37)33-27-18-23(12-15-30(27)39-21-22-8-4-3-5-9-22)28(35)20-32-16-17-38-24-13-14-26-25-10-6-7-11-29(25)40-31(26)19-24/h3-5,8-9,12-15,18-19,28,32-33,35H,6-7,10-11,16-17,20-21H2,1-2H3. The zero-order valence-electron chi connectivity index (χ0n) is 23.4. The molecule has 4 aromatic rings. The van der Waals surface area contributed by atoms with Crippen LogP contribution in [0.5, 0.6) is 11.5 Å². The van der Waals surface area contributed by atoms with Crippen LogP contribution in [0, 0.1) is 0 Å². The molecular weight excluding hydrogens is 542 g/mol. The molecule has 1 unspecified atom stereocenters. The number of anilines is 1. The first-order valence-corrected chi connectivity index (χ1v) is 15.3. The van der Waals surface area contributed by atoms with E-state index in [2.05, 4.69) is 16.1 Å². The lowest BCUT2D eigenvalue weighted by Crippen LogP contribution is -2.29. The van der Waals surface area contributed by atoms with Crippen LogP contribution in [0.1, 0.15) is 41.4 Å². The van der Waals surface area contributed by atoms with Crippen LogP contribution in [-0.2, 0) is 29.7 Å². The Hall–Kier alpha value is -3.57. The van der Waals surface area contributed by atoms with Gasteiger partial charge in [-0.1, -0.05) is 36.4 Å². The summed E-state index contributed by atoms with van der Waals surface area (Å²) >= 11 is 0. The van der Waals surface area contributed by atoms with Crippen LogP contribution in [0.3, 0.4) is 0 Å². The summed E-state index contributed by atoms with van der Waals surface area (Å²) in [4.78, 5) is 0. The number of aryl methyl sites for hydroxylation is 2. The van der Waals surface area contributed by atoms with Gasteiger partial charge in [0.25, 0.3) is 0 Å². The molecule has 218 valence electrons. The van der Waals surface area contributed by atoms with Gasteiger partial charge in [-0.3, -0.25) is 4.72 Å². The largest absolute Gasteiger partial charge is 0.492 e. The van der Waals surface area contributed by atoms with Crippen LogP contribution in [-0.4, -0.2) is 51.6 Å². The molecule has 1 heterocycles. The van der Waals surface area contributed by atoms with Gasteiger partial charge in [-0.25, -0.2) is 0 Å². The highest BCUT2D eigenvalue weighted by Gasteiger charge is 2.20. The van der Waals surface area contributed by atoms with Crippen molar-refractivity contribution < 1.29 is 27.4 Å². The Kier molecular flexibility index (Phi) is 9.14. The number of hydrogen-bond donors (Lipinski definition) is 3. The quantitative estimate of drug-likeness (QED) is 0.195. The van der Waals surface area contributed by atoms with E-state index in [4.69, 9.17) is 13.9 Å². The second-order valence-electron chi connectivity index (χ2n) is 10.4. The number of fused-ring (bicyclic) bond motifs is 3. The lowest BCUT2D eigenvalue weighted by atomic mass is 9.96. The van der Waals surface area contributed by atoms with Crippen LogP contribution >= 0.6 is 0 Å². The van der Waals surface area contributed by atoms with Gasteiger partial charge in [-0.05, 0) is 54.7 Å². The van der Waals surface area contributed by atoms with Gasteiger partial charge in [0.05, 0.1) is 11.8 Å². The van der Waals surface area contributed by atoms with E-state index in [1.807, 2.05) is 42.5 Å². The molecule has 0 bridgehead atoms. The number of nitrogens with one attached hydrogen (secondary N) is 2. The fourth-order valence-corrected chi connectivity index (χ4v) is 5.48. The SMILES string of the molecule is CN(C)S(=O)(=O)Nc1cc(C(O)CNCCOc2ccc3c4c(oc3c2)CCCC4)ccc1OCc1ccccc1. The molecule has 1 aliphatic rings. The summed E-state index contributed by atoms with van der Waals surface area (Å²) in [6.45, 7) is 1.47. The molecule has 1 atom stereocenters. The van der Waals surface area contributed by atoms with Gasteiger partial charge >= 0.3 is 10.2 Å². The van der Waals surface area contributed by atoms with E-state index in [0.717, 1.165) is 39.8 Å². The maximum absolute atomic E-state index is 12.6. The predicted molar refractivity (Wildman–Crippen MR) is 160 cm³/mol. The Morgan fingerprint density at radius 1 is 1.00 bits per heavy atom. The zero-order valence-corrected chi connectivity index (χ0v) is 24.2. The molecule has 41 heavy (non-hydrogen) atoms. The van der Waals surface area contributed by atoms with Crippen LogP contribution in [0.4, 0.5) is 5.69 Å². The Morgan fingerprint density at radius 2 is 1.80 bits per heavy atom. The molecule has 0 spiro atoms. The van der Waals surface area contributed by atoms with Gasteiger partial charge in [-0.2, -0.15) is 12.7 Å². The maximum Gasteiger partial charge on any atom is 0.301 e. The number of furan rings is 1. The minimum atomic E-state index is -3.78. The number of benzene rings is 3. The topological polar surface area (TPSA) is 113 Å². The van der Waals surface area contributed by atoms with Gasteiger partial charge < -0.3 is 24.3 Å². The second-order valence-corrected chi connectivity index (χ2v) is 12.2. The summed E-state index contributed by atoms with van der Waals surface area (Å²) in [6, 6.07) is 20.6. The first kappa shape index (κ1) is 28.9. The monoisotopic (exact) mass is 579 g/mol. The van der Waals surface area contributed by atoms with E-state index in [-0.39, 0.29) is 18.8 Å². The van der Waals surface area contributed by atoms with E-state index < -0.39 is 16.3 Å². The summed E-state index contributed by atoms with van der Waals surface area (Å²) in [5.41, 5.74) is 3.96. The van der Waals surface area contributed by atoms with Crippen LogP contribution < -0.4 is 19.5 Å². The van der Waals surface area contributed by atoms with Gasteiger partial charge in [0.2, 0.25) is 0 Å². The minimum absolute atomic E-state index is 0.254. The van der Waals surface area contributed by atoms with Crippen LogP contribution in [0.15, 0.2) is 71.1 Å². The van der Waals surface area contributed by atoms with Crippen LogP contribution in [0.25, 0.3) is 11.0 Å². The van der Waals surface area contributed by atoms with Crippen molar-refractivity contribution in [3.63, 3.8) is 0 Å². The van der Waals surface area contributed by atoms with E-state index in [0.29, 0.717) is 24.5 Å². The third kappa shape index (κ3) is 7.20. The summed E-state index contributed by atoms with van der Waals surface area (Å²) in [5.74, 6) is 2.22. The summed E-state index contributed by atoms with van der Waals surface area (Å²) in [6.07, 6.45) is 3.58. The number of rotatable bonds is 13. The highest BCUT2D eigenvalue weighted by Crippen LogP contribution is 2.34. The summed E-state index contributed by atoms with van der Waals surface area (Å²) < 4.78 is 46.6. The first-order chi connectivity index (χ1) is 19.8. The number of aliphatic hydroxyl groups is 1. The Balaban J connectivity index is 1.16. The fourth-order valence-electron chi connectivity index (χ4n) is 4.86. The summed E-state index contributed by atoms with van der Waals surface area (Å²) in [7, 11) is -0.898. The third-order valence-corrected chi connectivity index (χ3v) is 8.60. The Morgan fingerprint density at radius 3 is 2.61 bits per heavy atom. The van der Waals surface area contributed by atoms with Crippen molar-refractivity contribution >= 4 is 26.9 Å². The van der Waals surface area contributed by atoms with Crippen molar-refractivity contribution in [1.82, 2.24) is 9.62 Å². The van der Waals surface area contributed by atoms with Crippen molar-refractivity contribution in [1.29, 1.82) is 0 Å². The average Bonchev–Trinajstić information content (AvgIpc) is 3.34. The number of ether oxygens (including phenoxy) is 2. The highest BCUT2D eigenvalue weighted by atomic mass is 32.2. The van der Waals surface area contributed by atoms with E-state index in [1.165, 1.54) is 37.9 Å². The summed E-state index contributed by atoms with van der Waals surface area (Å²) in [5, 5.41) is 15.2. The van der Waals surface area contributed by atoms with E-state index in [1.54, 1.807) is 18.2 Å². The minimum Gasteiger partial charge on any atom is -0.492 e. The number of nitrogens with zero attached hydrogens (tertiary/aromatic N) is 1. The molecule has 0 saturated heterocycles. The molecule has 0 radical (unpaired) electrons. The molecular formula is C31H37N3O6S. The normalized spacial score (nSPS) is 14.1. The van der Waals surface area contributed by atoms with Crippen molar-refractivity contribution in [2.75, 3.05) is 38.5 Å². The molecule has 1 aromatic heterocycles. The first-order valence-electron chi connectivity index (χ1n) is 13.9. The predicted octanol–water partition coefficient (Wildman–Crippen LogP) is 4.81. The molecule has 1 aliphatic carbocycles. The lowest BCUT2D eigenvalue weighted by molar-refractivity contribution is 0.172. The molecule has 0 saturated carbocycles. The van der Waals surface area contributed by atoms with Crippen molar-refractivity contribution in [2.24, 2.45) is 0 Å². The van der Waals surface area contributed by atoms with Crippen LogP contribution in [0.2, 0.25) is 0 Å². The van der Waals surface area contributed by atoms with Crippen molar-refractivity contribution in [3.05, 3.63) is 89.2 Å². The molecule has 5 rings (SSSR count). The van der Waals surface area contributed by atoms with Gasteiger partial charge in [0.1, 0.15) is 36.1 Å². The molecule has 3 aromatic carbocycles. The van der Waals surface area contributed by atoms with Gasteiger partial charge in [0.15, 0.2) is 0 Å². The molecule has 3 N–H and O–H groups in total. The molecule has 0 amide bonds. The van der Waals surface area contributed by atoms with Gasteiger partial charge in [0, 0.05) is 50.6 Å². The van der Waals surface area contributed by atoms with Crippen molar-refractivity contribution in [3.8, 4) is 11.5 Å². The third-order valence-electron chi connectivity index (χ3n) is 7.16. The molecule has 0 fully saturated rings.